The van der Waals surface area contributed by atoms with E-state index in [2.05, 4.69) is 31.1 Å². The van der Waals surface area contributed by atoms with Crippen molar-refractivity contribution >= 4 is 31.6 Å². The van der Waals surface area contributed by atoms with Crippen LogP contribution in [0.4, 0.5) is 5.69 Å². The van der Waals surface area contributed by atoms with Gasteiger partial charge in [-0.15, -0.1) is 0 Å². The largest absolute Gasteiger partial charge is 0.290 e. The second-order valence-electron chi connectivity index (χ2n) is 5.85. The van der Waals surface area contributed by atoms with E-state index in [0.717, 1.165) is 6.42 Å². The third-order valence-electron chi connectivity index (χ3n) is 4.10. The van der Waals surface area contributed by atoms with Crippen LogP contribution < -0.4 is 0 Å². The summed E-state index contributed by atoms with van der Waals surface area (Å²) in [7, 11) is -3.98. The third-order valence-corrected chi connectivity index (χ3v) is 6.51. The summed E-state index contributed by atoms with van der Waals surface area (Å²) in [6.45, 7) is 2.29. The summed E-state index contributed by atoms with van der Waals surface area (Å²) in [5.74, 6) is 1.10. The number of aromatic amines is 1. The molecule has 1 aliphatic heterocycles. The van der Waals surface area contributed by atoms with Crippen molar-refractivity contribution in [2.75, 3.05) is 13.1 Å². The topological polar surface area (TPSA) is 122 Å². The number of rotatable bonds is 4. The number of nitrogens with zero attached hydrogens (tertiary/aromatic N) is 4. The van der Waals surface area contributed by atoms with E-state index >= 15 is 0 Å². The maximum atomic E-state index is 13.0. The molecule has 3 rings (SSSR count). The molecule has 134 valence electrons. The molecule has 1 saturated heterocycles. The zero-order valence-corrected chi connectivity index (χ0v) is 15.7. The second kappa shape index (κ2) is 6.81. The molecule has 0 amide bonds. The minimum Gasteiger partial charge on any atom is -0.263 e. The van der Waals surface area contributed by atoms with Crippen LogP contribution in [0.15, 0.2) is 27.6 Å². The van der Waals surface area contributed by atoms with Gasteiger partial charge in [-0.1, -0.05) is 15.9 Å². The highest BCUT2D eigenvalue weighted by Gasteiger charge is 2.36. The molecule has 0 spiro atoms. The van der Waals surface area contributed by atoms with Gasteiger partial charge in [-0.25, -0.2) is 13.4 Å². The van der Waals surface area contributed by atoms with E-state index in [1.165, 1.54) is 22.5 Å². The molecule has 1 atom stereocenters. The van der Waals surface area contributed by atoms with Gasteiger partial charge in [-0.2, -0.15) is 9.40 Å². The number of hydrogen-bond donors (Lipinski definition) is 1. The van der Waals surface area contributed by atoms with Gasteiger partial charge in [-0.05, 0) is 31.9 Å². The lowest BCUT2D eigenvalue weighted by Crippen LogP contribution is -2.39. The normalized spacial score (nSPS) is 19.0. The number of aryl methyl sites for hydroxylation is 1. The highest BCUT2D eigenvalue weighted by Crippen LogP contribution is 2.33. The molecule has 1 aromatic heterocycles. The van der Waals surface area contributed by atoms with Crippen molar-refractivity contribution in [3.63, 3.8) is 0 Å². The van der Waals surface area contributed by atoms with Crippen LogP contribution in [0, 0.1) is 17.0 Å². The van der Waals surface area contributed by atoms with E-state index in [9.17, 15) is 18.5 Å². The molecule has 0 unspecified atom stereocenters. The Morgan fingerprint density at radius 1 is 1.44 bits per heavy atom. The smallest absolute Gasteiger partial charge is 0.263 e. The van der Waals surface area contributed by atoms with E-state index in [-0.39, 0.29) is 17.4 Å². The Balaban J connectivity index is 1.93. The van der Waals surface area contributed by atoms with Gasteiger partial charge in [0, 0.05) is 29.5 Å². The van der Waals surface area contributed by atoms with Crippen LogP contribution in [0.25, 0.3) is 0 Å². The van der Waals surface area contributed by atoms with Crippen molar-refractivity contribution in [2.45, 2.75) is 30.6 Å². The zero-order chi connectivity index (χ0) is 18.2. The van der Waals surface area contributed by atoms with Gasteiger partial charge in [0.1, 0.15) is 5.82 Å². The molecule has 2 aromatic rings. The van der Waals surface area contributed by atoms with Crippen LogP contribution in [-0.4, -0.2) is 45.9 Å². The second-order valence-corrected chi connectivity index (χ2v) is 8.67. The Kier molecular flexibility index (Phi) is 4.89. The molecule has 0 aliphatic carbocycles. The Bertz CT molecular complexity index is 914. The summed E-state index contributed by atoms with van der Waals surface area (Å²) in [5.41, 5.74) is -0.440. The predicted octanol–water partition coefficient (Wildman–Crippen LogP) is 2.35. The minimum atomic E-state index is -3.98. The average molecular weight is 430 g/mol. The quantitative estimate of drug-likeness (QED) is 0.587. The number of benzene rings is 1. The average Bonchev–Trinajstić information content (AvgIpc) is 3.01. The summed E-state index contributed by atoms with van der Waals surface area (Å²) in [4.78, 5) is 14.6. The number of nitro groups is 1. The van der Waals surface area contributed by atoms with E-state index in [1.807, 2.05) is 0 Å². The first-order valence-corrected chi connectivity index (χ1v) is 9.85. The van der Waals surface area contributed by atoms with Gasteiger partial charge in [0.25, 0.3) is 5.69 Å². The Morgan fingerprint density at radius 3 is 2.84 bits per heavy atom. The number of H-pyrrole nitrogens is 1. The zero-order valence-electron chi connectivity index (χ0n) is 13.3. The fourth-order valence-corrected chi connectivity index (χ4v) is 4.92. The highest BCUT2D eigenvalue weighted by atomic mass is 79.9. The van der Waals surface area contributed by atoms with Crippen molar-refractivity contribution in [1.29, 1.82) is 0 Å². The molecule has 11 heteroatoms. The molecular formula is C14H16BrN5O4S. The molecule has 0 saturated carbocycles. The van der Waals surface area contributed by atoms with Gasteiger partial charge in [0.2, 0.25) is 10.0 Å². The molecule has 25 heavy (non-hydrogen) atoms. The molecule has 2 heterocycles. The number of nitro benzene ring substituents is 1. The Labute approximate surface area is 152 Å². The maximum absolute atomic E-state index is 13.0. The number of halogens is 1. The first-order chi connectivity index (χ1) is 11.8. The predicted molar refractivity (Wildman–Crippen MR) is 92.6 cm³/mol. The lowest BCUT2D eigenvalue weighted by Gasteiger charge is -2.30. The summed E-state index contributed by atoms with van der Waals surface area (Å²) < 4.78 is 27.7. The van der Waals surface area contributed by atoms with Crippen LogP contribution in [-0.2, 0) is 10.0 Å². The highest BCUT2D eigenvalue weighted by molar-refractivity contribution is 9.10. The molecule has 0 bridgehead atoms. The first kappa shape index (κ1) is 18.0. The number of nitrogens with one attached hydrogen (secondary N) is 1. The monoisotopic (exact) mass is 429 g/mol. The van der Waals surface area contributed by atoms with Crippen LogP contribution >= 0.6 is 15.9 Å². The van der Waals surface area contributed by atoms with Crippen molar-refractivity contribution < 1.29 is 13.3 Å². The van der Waals surface area contributed by atoms with Gasteiger partial charge in [0.15, 0.2) is 10.7 Å². The van der Waals surface area contributed by atoms with E-state index < -0.39 is 20.6 Å². The van der Waals surface area contributed by atoms with E-state index in [1.54, 1.807) is 6.92 Å². The van der Waals surface area contributed by atoms with Crippen LogP contribution in [0.3, 0.4) is 0 Å². The Morgan fingerprint density at radius 2 is 2.20 bits per heavy atom. The number of hydrogen-bond acceptors (Lipinski definition) is 6. The SMILES string of the molecule is Cc1nc([C@@H]2CCCN(S(=O)(=O)c3ccc(Br)cc3[N+](=O)[O-])C2)n[nH]1. The number of sulfonamides is 1. The van der Waals surface area contributed by atoms with Gasteiger partial charge < -0.3 is 0 Å². The maximum Gasteiger partial charge on any atom is 0.290 e. The lowest BCUT2D eigenvalue weighted by atomic mass is 9.99. The molecule has 1 aliphatic rings. The minimum absolute atomic E-state index is 0.136. The number of piperidine rings is 1. The summed E-state index contributed by atoms with van der Waals surface area (Å²) in [5, 5.41) is 18.1. The third kappa shape index (κ3) is 3.58. The van der Waals surface area contributed by atoms with Crippen LogP contribution in [0.2, 0.25) is 0 Å². The molecule has 1 aromatic carbocycles. The molecule has 0 radical (unpaired) electrons. The van der Waals surface area contributed by atoms with Gasteiger partial charge in [-0.3, -0.25) is 15.2 Å². The van der Waals surface area contributed by atoms with Crippen molar-refractivity contribution in [3.05, 3.63) is 44.4 Å². The lowest BCUT2D eigenvalue weighted by molar-refractivity contribution is -0.387. The van der Waals surface area contributed by atoms with Crippen molar-refractivity contribution in [3.8, 4) is 0 Å². The summed E-state index contributed by atoms with van der Waals surface area (Å²) in [6.07, 6.45) is 1.41. The molecule has 9 nitrogen and oxygen atoms in total. The first-order valence-electron chi connectivity index (χ1n) is 7.62. The number of aromatic nitrogens is 3. The fourth-order valence-electron chi connectivity index (χ4n) is 2.90. The standard InChI is InChI=1S/C14H16BrN5O4S/c1-9-16-14(18-17-9)10-3-2-6-19(8-10)25(23,24)13-5-4-11(15)7-12(13)20(21)22/h4-5,7,10H,2-3,6,8H2,1H3,(H,16,17,18)/t10-/m1/s1. The fraction of sp³-hybridized carbons (Fsp3) is 0.429. The van der Waals surface area contributed by atoms with Gasteiger partial charge >= 0.3 is 0 Å². The Hall–Kier alpha value is -1.85. The van der Waals surface area contributed by atoms with E-state index in [4.69, 9.17) is 0 Å². The van der Waals surface area contributed by atoms with Crippen LogP contribution in [0.5, 0.6) is 0 Å². The van der Waals surface area contributed by atoms with Crippen molar-refractivity contribution in [1.82, 2.24) is 19.5 Å². The van der Waals surface area contributed by atoms with Crippen LogP contribution in [0.1, 0.15) is 30.4 Å². The summed E-state index contributed by atoms with van der Waals surface area (Å²) in [6, 6.07) is 3.95. The molecule has 1 N–H and O–H groups in total. The van der Waals surface area contributed by atoms with E-state index in [0.29, 0.717) is 29.1 Å². The summed E-state index contributed by atoms with van der Waals surface area (Å²) >= 11 is 3.14. The van der Waals surface area contributed by atoms with Gasteiger partial charge in [0.05, 0.1) is 4.92 Å². The molecular weight excluding hydrogens is 414 g/mol. The van der Waals surface area contributed by atoms with Crippen molar-refractivity contribution in [2.24, 2.45) is 0 Å². The molecule has 1 fully saturated rings.